The fourth-order valence-electron chi connectivity index (χ4n) is 20.7. The monoisotopic (exact) mass is 1320 g/mol. The van der Waals surface area contributed by atoms with Crippen molar-refractivity contribution in [3.63, 3.8) is 0 Å². The van der Waals surface area contributed by atoms with Crippen LogP contribution >= 0.6 is 11.8 Å². The molecule has 9 aromatic rings. The van der Waals surface area contributed by atoms with Crippen LogP contribution in [0.3, 0.4) is 0 Å². The van der Waals surface area contributed by atoms with E-state index in [1.807, 2.05) is 0 Å². The molecule has 3 aliphatic carbocycles. The molecule has 2 fully saturated rings. The molecule has 5 heteroatoms. The lowest BCUT2D eigenvalue weighted by atomic mass is 9.36. The summed E-state index contributed by atoms with van der Waals surface area (Å²) in [5.41, 5.74) is 29.5. The molecule has 99 heavy (non-hydrogen) atoms. The van der Waals surface area contributed by atoms with Gasteiger partial charge in [0.05, 0.1) is 10.3 Å². The molecule has 6 atom stereocenters. The molecule has 5 heterocycles. The molecule has 0 spiro atoms. The number of nitrogens with zero attached hydrogens (tertiary/aromatic N) is 2. The fourth-order valence-corrected chi connectivity index (χ4v) is 22.8. The molecule has 6 unspecified atom stereocenters. The molecule has 0 amide bonds. The van der Waals surface area contributed by atoms with E-state index in [-0.39, 0.29) is 72.2 Å². The lowest BCUT2D eigenvalue weighted by Crippen LogP contribution is -2.55. The van der Waals surface area contributed by atoms with Gasteiger partial charge in [0, 0.05) is 55.6 Å². The van der Waals surface area contributed by atoms with Gasteiger partial charge < -0.3 is 14.2 Å². The van der Waals surface area contributed by atoms with Crippen LogP contribution < -0.4 is 20.7 Å². The Morgan fingerprint density at radius 3 is 1.75 bits per heavy atom. The fraction of sp³-hybridized carbons (Fsp3) is 0.447. The predicted molar refractivity (Wildman–Crippen MR) is 426 cm³/mol. The van der Waals surface area contributed by atoms with Crippen LogP contribution in [0.25, 0.3) is 33.2 Å². The van der Waals surface area contributed by atoms with Gasteiger partial charge in [-0.05, 0) is 216 Å². The number of anilines is 5. The molecule has 7 aliphatic rings. The van der Waals surface area contributed by atoms with E-state index in [0.29, 0.717) is 0 Å². The minimum atomic E-state index is -0.203. The second-order valence-electron chi connectivity index (χ2n) is 38.0. The highest BCUT2D eigenvalue weighted by molar-refractivity contribution is 8.06. The zero-order chi connectivity index (χ0) is 69.9. The molecule has 0 radical (unpaired) electrons. The van der Waals surface area contributed by atoms with E-state index in [9.17, 15) is 0 Å². The van der Waals surface area contributed by atoms with Crippen molar-refractivity contribution in [1.82, 2.24) is 0 Å². The maximum absolute atomic E-state index is 8.05. The highest BCUT2D eigenvalue weighted by Gasteiger charge is 2.65. The van der Waals surface area contributed by atoms with Crippen molar-refractivity contribution >= 4 is 68.8 Å². The van der Waals surface area contributed by atoms with Crippen molar-refractivity contribution in [1.29, 1.82) is 0 Å². The van der Waals surface area contributed by atoms with Crippen LogP contribution in [0.1, 0.15) is 258 Å². The van der Waals surface area contributed by atoms with Crippen molar-refractivity contribution in [2.75, 3.05) is 9.80 Å². The number of hydrogen-bond donors (Lipinski definition) is 0. The zero-order valence-electron chi connectivity index (χ0n) is 63.6. The van der Waals surface area contributed by atoms with Crippen molar-refractivity contribution in [2.24, 2.45) is 11.3 Å². The van der Waals surface area contributed by atoms with E-state index in [1.165, 1.54) is 143 Å². The van der Waals surface area contributed by atoms with E-state index in [1.54, 1.807) is 15.9 Å². The summed E-state index contributed by atoms with van der Waals surface area (Å²) in [6.07, 6.45) is 11.3. The summed E-state index contributed by atoms with van der Waals surface area (Å²) < 4.78 is 7.89. The van der Waals surface area contributed by atoms with Crippen molar-refractivity contribution in [2.45, 2.75) is 257 Å². The molecule has 0 N–H and O–H groups in total. The van der Waals surface area contributed by atoms with Gasteiger partial charge >= 0.3 is 0 Å². The smallest absolute Gasteiger partial charge is 0.259 e. The quantitative estimate of drug-likeness (QED) is 0.148. The molecule has 510 valence electrons. The first-order valence-electron chi connectivity index (χ1n) is 38.1. The Morgan fingerprint density at radius 2 is 1.10 bits per heavy atom. The lowest BCUT2D eigenvalue weighted by Gasteiger charge is -2.51. The first-order valence-corrected chi connectivity index (χ1v) is 38.9. The minimum absolute atomic E-state index is 0.0478. The van der Waals surface area contributed by atoms with Crippen molar-refractivity contribution in [3.8, 4) is 22.3 Å². The number of rotatable bonds is 7. The standard InChI is InChI=1S/C94H109BN2OS/c1-58(61-29-26-30-62(51-61)59-35-39-65(40-36-59)85(2,3)4)72-54-64-53-70(97-75-56-68(87(8,9)10)55-73(88(11,12)13)79(75)91(18)45-24-25-47-93(91,97)20)57-76-80(64)95(84-78(72)92(19)46-28-48-94(92,99-84)67-32-22-21-23-33-67)81-74(44-43-71-77-83(98-82(71)81)90(16,17)50-49-89(77,14)15)96(76)69-34-27-31-63(52-69)60-37-41-66(42-38-60)86(5,6)7/h21-23,26-27,29-44,51-53,55-58,72H,24-25,28,45-50,54H2,1-20H3. The summed E-state index contributed by atoms with van der Waals surface area (Å²) in [6.45, 7) is 49.2. The minimum Gasteiger partial charge on any atom is -0.461 e. The summed E-state index contributed by atoms with van der Waals surface area (Å²) in [6, 6.07) is 66.1. The predicted octanol–water partition coefficient (Wildman–Crippen LogP) is 25.0. The van der Waals surface area contributed by atoms with Gasteiger partial charge in [-0.2, -0.15) is 0 Å². The van der Waals surface area contributed by atoms with Crippen molar-refractivity contribution < 1.29 is 4.42 Å². The van der Waals surface area contributed by atoms with Crippen LogP contribution in [0.4, 0.5) is 28.4 Å². The molecule has 0 bridgehead atoms. The highest BCUT2D eigenvalue weighted by Crippen LogP contribution is 2.74. The molecule has 2 saturated carbocycles. The third kappa shape index (κ3) is 9.98. The van der Waals surface area contributed by atoms with Gasteiger partial charge in [0.25, 0.3) is 6.71 Å². The average molecular weight is 1330 g/mol. The summed E-state index contributed by atoms with van der Waals surface area (Å²) >= 11 is 2.29. The third-order valence-electron chi connectivity index (χ3n) is 26.8. The molecule has 1 aromatic heterocycles. The Morgan fingerprint density at radius 1 is 0.485 bits per heavy atom. The summed E-state index contributed by atoms with van der Waals surface area (Å²) in [7, 11) is 0. The Balaban J connectivity index is 1.03. The van der Waals surface area contributed by atoms with Gasteiger partial charge in [-0.1, -0.05) is 278 Å². The van der Waals surface area contributed by atoms with Crippen LogP contribution in [-0.4, -0.2) is 12.3 Å². The molecule has 3 nitrogen and oxygen atoms in total. The molecule has 16 rings (SSSR count). The second kappa shape index (κ2) is 22.3. The number of hydrogen-bond acceptors (Lipinski definition) is 4. The number of allylic oxidation sites excluding steroid dienone is 1. The normalized spacial score (nSPS) is 24.8. The summed E-state index contributed by atoms with van der Waals surface area (Å²) in [5.74, 6) is 1.53. The van der Waals surface area contributed by atoms with Gasteiger partial charge in [0.1, 0.15) is 11.3 Å². The van der Waals surface area contributed by atoms with E-state index in [2.05, 4.69) is 324 Å². The molecule has 4 aliphatic heterocycles. The van der Waals surface area contributed by atoms with Gasteiger partial charge in [-0.3, -0.25) is 0 Å². The highest BCUT2D eigenvalue weighted by atomic mass is 32.2. The molecular weight excluding hydrogens is 1220 g/mol. The van der Waals surface area contributed by atoms with Crippen LogP contribution in [-0.2, 0) is 49.1 Å². The van der Waals surface area contributed by atoms with Gasteiger partial charge in [0.2, 0.25) is 0 Å². The molecule has 0 saturated heterocycles. The Labute approximate surface area is 599 Å². The van der Waals surface area contributed by atoms with Crippen LogP contribution in [0.15, 0.2) is 179 Å². The second-order valence-corrected chi connectivity index (χ2v) is 39.4. The Bertz CT molecular complexity index is 4780. The zero-order valence-corrected chi connectivity index (χ0v) is 64.4. The maximum atomic E-state index is 8.05. The topological polar surface area (TPSA) is 19.6 Å². The maximum Gasteiger partial charge on any atom is 0.259 e. The van der Waals surface area contributed by atoms with E-state index >= 15 is 0 Å². The Hall–Kier alpha value is -6.95. The lowest BCUT2D eigenvalue weighted by molar-refractivity contribution is 0.193. The number of furan rings is 1. The average Bonchev–Trinajstić information content (AvgIpc) is 1.55. The van der Waals surface area contributed by atoms with Gasteiger partial charge in [-0.15, -0.1) is 11.8 Å². The van der Waals surface area contributed by atoms with Gasteiger partial charge in [0.15, 0.2) is 0 Å². The summed E-state index contributed by atoms with van der Waals surface area (Å²) in [5, 5.41) is 1.30. The van der Waals surface area contributed by atoms with Crippen LogP contribution in [0.5, 0.6) is 0 Å². The van der Waals surface area contributed by atoms with E-state index < -0.39 is 0 Å². The first kappa shape index (κ1) is 66.6. The van der Waals surface area contributed by atoms with Crippen LogP contribution in [0, 0.1) is 11.3 Å². The molecule has 8 aromatic carbocycles. The van der Waals surface area contributed by atoms with E-state index in [0.717, 1.165) is 44.1 Å². The molecular formula is C94H109BN2OS. The van der Waals surface area contributed by atoms with Crippen LogP contribution in [0.2, 0.25) is 0 Å². The number of fused-ring (bicyclic) bond motifs is 12. The first-order chi connectivity index (χ1) is 46.6. The van der Waals surface area contributed by atoms with Crippen molar-refractivity contribution in [3.05, 3.63) is 230 Å². The largest absolute Gasteiger partial charge is 0.461 e. The van der Waals surface area contributed by atoms with Gasteiger partial charge in [-0.25, -0.2) is 0 Å². The number of benzene rings is 8. The SMILES string of the molecule is CC(c1cccc(-c2ccc(C(C)(C)C)cc2)c1)C1Cc2cc(N3c4cc(C(C)(C)C)cc(C(C)(C)C)c4C4(C)CCCCC34C)cc3c2B(C2=C1C1(C)CCCC1(c1ccccc1)S2)c1c(ccc2c4c(oc12)C(C)(C)CCC4(C)C)N3c1cccc(-c2ccc(C(C)(C)C)cc2)c1. The number of thioether (sulfide) groups is 1. The Kier molecular flexibility index (Phi) is 15.0. The third-order valence-corrected chi connectivity index (χ3v) is 28.7. The summed E-state index contributed by atoms with van der Waals surface area (Å²) in [4.78, 5) is 7.31. The van der Waals surface area contributed by atoms with E-state index in [4.69, 9.17) is 4.42 Å².